The van der Waals surface area contributed by atoms with Gasteiger partial charge in [0.05, 0.1) is 4.90 Å². The van der Waals surface area contributed by atoms with E-state index in [1.165, 1.54) is 17.0 Å². The molecule has 2 aliphatic rings. The van der Waals surface area contributed by atoms with Crippen LogP contribution in [0.25, 0.3) is 0 Å². The van der Waals surface area contributed by atoms with E-state index in [1.807, 2.05) is 6.08 Å². The van der Waals surface area contributed by atoms with Gasteiger partial charge in [0, 0.05) is 24.7 Å². The first-order chi connectivity index (χ1) is 12.0. The Balaban J connectivity index is 1.71. The Labute approximate surface area is 148 Å². The number of hydrogen-bond donors (Lipinski definition) is 2. The number of benzene rings is 1. The van der Waals surface area contributed by atoms with Crippen molar-refractivity contribution >= 4 is 21.6 Å². The van der Waals surface area contributed by atoms with E-state index in [4.69, 9.17) is 0 Å². The standard InChI is InChI=1S/C18H24N2O4S/c21-17-12-13-20(18(17)22)15-8-10-16(11-9-15)25(23,24)19-14-6-4-2-1-3-5-7-14/h2,4,8-11,14,17,19,21H,1,3,5-7,12-13H2. The number of aliphatic hydroxyl groups is 1. The molecule has 0 saturated carbocycles. The van der Waals surface area contributed by atoms with Gasteiger partial charge in [-0.3, -0.25) is 4.79 Å². The first-order valence-corrected chi connectivity index (χ1v) is 10.2. The second-order valence-corrected chi connectivity index (χ2v) is 8.31. The van der Waals surface area contributed by atoms with E-state index < -0.39 is 16.1 Å². The van der Waals surface area contributed by atoms with Crippen molar-refractivity contribution in [3.8, 4) is 0 Å². The Hall–Kier alpha value is -1.70. The lowest BCUT2D eigenvalue weighted by Gasteiger charge is -2.19. The van der Waals surface area contributed by atoms with E-state index >= 15 is 0 Å². The van der Waals surface area contributed by atoms with Gasteiger partial charge < -0.3 is 10.0 Å². The molecule has 1 aliphatic heterocycles. The van der Waals surface area contributed by atoms with E-state index in [-0.39, 0.29) is 16.8 Å². The van der Waals surface area contributed by atoms with Crippen LogP contribution in [-0.2, 0) is 14.8 Å². The fraction of sp³-hybridized carbons (Fsp3) is 0.500. The third-order valence-corrected chi connectivity index (χ3v) is 6.25. The van der Waals surface area contributed by atoms with Gasteiger partial charge in [-0.15, -0.1) is 0 Å². The summed E-state index contributed by atoms with van der Waals surface area (Å²) in [5.41, 5.74) is 0.606. The Morgan fingerprint density at radius 3 is 2.52 bits per heavy atom. The molecular weight excluding hydrogens is 340 g/mol. The van der Waals surface area contributed by atoms with Gasteiger partial charge in [0.15, 0.2) is 0 Å². The summed E-state index contributed by atoms with van der Waals surface area (Å²) in [6.07, 6.45) is 8.28. The van der Waals surface area contributed by atoms with Crippen LogP contribution in [0, 0.1) is 0 Å². The van der Waals surface area contributed by atoms with Crippen molar-refractivity contribution < 1.29 is 18.3 Å². The van der Waals surface area contributed by atoms with E-state index in [1.54, 1.807) is 12.1 Å². The highest BCUT2D eigenvalue weighted by Gasteiger charge is 2.31. The zero-order chi connectivity index (χ0) is 17.9. The highest BCUT2D eigenvalue weighted by molar-refractivity contribution is 7.89. The van der Waals surface area contributed by atoms with Crippen molar-refractivity contribution in [2.24, 2.45) is 0 Å². The molecule has 0 bridgehead atoms. The number of hydrogen-bond acceptors (Lipinski definition) is 4. The largest absolute Gasteiger partial charge is 0.383 e. The number of nitrogens with one attached hydrogen (secondary N) is 1. The van der Waals surface area contributed by atoms with Gasteiger partial charge >= 0.3 is 0 Å². The molecule has 1 fully saturated rings. The van der Waals surface area contributed by atoms with Crippen molar-refractivity contribution in [1.29, 1.82) is 0 Å². The maximum Gasteiger partial charge on any atom is 0.255 e. The van der Waals surface area contributed by atoms with Crippen LogP contribution < -0.4 is 9.62 Å². The van der Waals surface area contributed by atoms with Crippen LogP contribution in [0.1, 0.15) is 38.5 Å². The quantitative estimate of drug-likeness (QED) is 0.800. The second-order valence-electron chi connectivity index (χ2n) is 6.60. The number of carbonyl (C=O) groups excluding carboxylic acids is 1. The topological polar surface area (TPSA) is 86.7 Å². The van der Waals surface area contributed by atoms with Gasteiger partial charge in [-0.25, -0.2) is 13.1 Å². The number of aliphatic hydroxyl groups excluding tert-OH is 1. The van der Waals surface area contributed by atoms with Crippen molar-refractivity contribution in [3.05, 3.63) is 36.4 Å². The Morgan fingerprint density at radius 2 is 1.84 bits per heavy atom. The highest BCUT2D eigenvalue weighted by Crippen LogP contribution is 2.24. The molecule has 2 atom stereocenters. The maximum absolute atomic E-state index is 12.6. The van der Waals surface area contributed by atoms with Crippen LogP contribution in [0.3, 0.4) is 0 Å². The zero-order valence-corrected chi connectivity index (χ0v) is 14.9. The third kappa shape index (κ3) is 4.29. The first-order valence-electron chi connectivity index (χ1n) is 8.74. The van der Waals surface area contributed by atoms with E-state index in [0.29, 0.717) is 25.1 Å². The molecular formula is C18H24N2O4S. The van der Waals surface area contributed by atoms with Crippen LogP contribution in [0.2, 0.25) is 0 Å². The third-order valence-electron chi connectivity index (χ3n) is 4.72. The summed E-state index contributed by atoms with van der Waals surface area (Å²) < 4.78 is 28.0. The molecule has 1 aromatic carbocycles. The van der Waals surface area contributed by atoms with Crippen LogP contribution in [0.4, 0.5) is 5.69 Å². The molecule has 1 aromatic rings. The Morgan fingerprint density at radius 1 is 1.08 bits per heavy atom. The molecule has 136 valence electrons. The summed E-state index contributed by atoms with van der Waals surface area (Å²) in [6, 6.07) is 6.16. The summed E-state index contributed by atoms with van der Waals surface area (Å²) in [4.78, 5) is 13.5. The van der Waals surface area contributed by atoms with Crippen LogP contribution in [-0.4, -0.2) is 38.1 Å². The number of sulfonamides is 1. The monoisotopic (exact) mass is 364 g/mol. The van der Waals surface area contributed by atoms with Crippen molar-refractivity contribution in [2.75, 3.05) is 11.4 Å². The number of allylic oxidation sites excluding steroid dienone is 1. The number of carbonyl (C=O) groups is 1. The van der Waals surface area contributed by atoms with Gasteiger partial charge in [-0.05, 0) is 49.9 Å². The molecule has 0 aromatic heterocycles. The van der Waals surface area contributed by atoms with Crippen LogP contribution >= 0.6 is 0 Å². The second kappa shape index (κ2) is 7.68. The summed E-state index contributed by atoms with van der Waals surface area (Å²) >= 11 is 0. The number of anilines is 1. The predicted molar refractivity (Wildman–Crippen MR) is 95.8 cm³/mol. The lowest BCUT2D eigenvalue weighted by atomic mass is 10.0. The number of amides is 1. The molecule has 1 heterocycles. The molecule has 2 N–H and O–H groups in total. The molecule has 6 nitrogen and oxygen atoms in total. The molecule has 25 heavy (non-hydrogen) atoms. The van der Waals surface area contributed by atoms with Gasteiger partial charge in [0.2, 0.25) is 10.0 Å². The highest BCUT2D eigenvalue weighted by atomic mass is 32.2. The fourth-order valence-electron chi connectivity index (χ4n) is 3.27. The first kappa shape index (κ1) is 18.1. The molecule has 1 aliphatic carbocycles. The molecule has 3 rings (SSSR count). The van der Waals surface area contributed by atoms with Crippen molar-refractivity contribution in [1.82, 2.24) is 4.72 Å². The summed E-state index contributed by atoms with van der Waals surface area (Å²) in [7, 11) is -3.59. The SMILES string of the molecule is O=C1C(O)CCN1c1ccc(S(=O)(=O)NC2CC=CCCCC2)cc1. The zero-order valence-electron chi connectivity index (χ0n) is 14.1. The van der Waals surface area contributed by atoms with Gasteiger partial charge in [0.25, 0.3) is 5.91 Å². The molecule has 0 spiro atoms. The normalized spacial score (nSPS) is 25.0. The molecule has 0 radical (unpaired) electrons. The number of nitrogens with zero attached hydrogens (tertiary/aromatic N) is 1. The minimum Gasteiger partial charge on any atom is -0.383 e. The lowest BCUT2D eigenvalue weighted by molar-refractivity contribution is -0.123. The Bertz CT molecular complexity index is 743. The van der Waals surface area contributed by atoms with Crippen molar-refractivity contribution in [2.45, 2.75) is 55.6 Å². The summed E-state index contributed by atoms with van der Waals surface area (Å²) in [5.74, 6) is -0.338. The van der Waals surface area contributed by atoms with Crippen LogP contribution in [0.15, 0.2) is 41.3 Å². The van der Waals surface area contributed by atoms with Crippen LogP contribution in [0.5, 0.6) is 0 Å². The van der Waals surface area contributed by atoms with E-state index in [2.05, 4.69) is 10.8 Å². The summed E-state index contributed by atoms with van der Waals surface area (Å²) in [5, 5.41) is 9.54. The molecule has 1 saturated heterocycles. The minimum atomic E-state index is -3.59. The van der Waals surface area contributed by atoms with Crippen molar-refractivity contribution in [3.63, 3.8) is 0 Å². The Kier molecular flexibility index (Phi) is 5.56. The smallest absolute Gasteiger partial charge is 0.255 e. The molecule has 2 unspecified atom stereocenters. The van der Waals surface area contributed by atoms with E-state index in [9.17, 15) is 18.3 Å². The predicted octanol–water partition coefficient (Wildman–Crippen LogP) is 1.95. The van der Waals surface area contributed by atoms with Gasteiger partial charge in [-0.2, -0.15) is 0 Å². The lowest BCUT2D eigenvalue weighted by Crippen LogP contribution is -2.34. The summed E-state index contributed by atoms with van der Waals surface area (Å²) in [6.45, 7) is 0.443. The van der Waals surface area contributed by atoms with E-state index in [0.717, 1.165) is 25.7 Å². The number of rotatable bonds is 4. The average molecular weight is 364 g/mol. The minimum absolute atomic E-state index is 0.0865. The molecule has 7 heteroatoms. The average Bonchev–Trinajstić information content (AvgIpc) is 2.89. The van der Waals surface area contributed by atoms with Gasteiger partial charge in [0.1, 0.15) is 6.10 Å². The van der Waals surface area contributed by atoms with Gasteiger partial charge in [-0.1, -0.05) is 18.6 Å². The molecule has 1 amide bonds. The fourth-order valence-corrected chi connectivity index (χ4v) is 4.55. The maximum atomic E-state index is 12.6.